The van der Waals surface area contributed by atoms with E-state index >= 15 is 0 Å². The second kappa shape index (κ2) is 10.0. The molecular formula is C15H21Cl2N2O3P. The highest BCUT2D eigenvalue weighted by atomic mass is 35.5. The molecule has 2 aromatic rings. The maximum absolute atomic E-state index is 10.8. The number of aromatic nitrogens is 2. The number of hydrogen-bond acceptors (Lipinski definition) is 1. The zero-order valence-corrected chi connectivity index (χ0v) is 15.3. The molecule has 0 atom stereocenters. The normalized spacial score (nSPS) is 10.6. The third-order valence-corrected chi connectivity index (χ3v) is 4.25. The Morgan fingerprint density at radius 3 is 1.74 bits per heavy atom. The van der Waals surface area contributed by atoms with Crippen molar-refractivity contribution in [1.82, 2.24) is 0 Å². The van der Waals surface area contributed by atoms with E-state index in [1.165, 1.54) is 0 Å². The fraction of sp³-hybridized carbons (Fsp3) is 0.333. The Bertz CT molecular complexity index is 630. The molecule has 0 saturated carbocycles. The van der Waals surface area contributed by atoms with Gasteiger partial charge in [-0.3, -0.25) is 4.57 Å². The van der Waals surface area contributed by atoms with Gasteiger partial charge in [0.2, 0.25) is 0 Å². The Kier molecular flexibility index (Phi) is 9.59. The lowest BCUT2D eigenvalue weighted by Crippen LogP contribution is -3.00. The third-order valence-electron chi connectivity index (χ3n) is 3.35. The quantitative estimate of drug-likeness (QED) is 0.393. The summed E-state index contributed by atoms with van der Waals surface area (Å²) in [6.45, 7) is 3.66. The first-order valence-corrected chi connectivity index (χ1v) is 8.81. The minimum absolute atomic E-state index is 0. The largest absolute Gasteiger partial charge is 1.00 e. The molecule has 0 spiro atoms. The van der Waals surface area contributed by atoms with Gasteiger partial charge in [0, 0.05) is 30.7 Å². The molecule has 0 aliphatic carbocycles. The van der Waals surface area contributed by atoms with Gasteiger partial charge in [-0.05, 0) is 18.1 Å². The highest BCUT2D eigenvalue weighted by Crippen LogP contribution is 2.34. The Hall–Kier alpha value is -0.970. The van der Waals surface area contributed by atoms with Crippen molar-refractivity contribution in [2.75, 3.05) is 6.16 Å². The smallest absolute Gasteiger partial charge is 0.325 e. The lowest BCUT2D eigenvalue weighted by molar-refractivity contribution is -0.696. The highest BCUT2D eigenvalue weighted by Gasteiger charge is 2.13. The molecule has 0 aromatic carbocycles. The Morgan fingerprint density at radius 1 is 0.913 bits per heavy atom. The van der Waals surface area contributed by atoms with Crippen LogP contribution in [0.4, 0.5) is 0 Å². The van der Waals surface area contributed by atoms with E-state index in [4.69, 9.17) is 9.79 Å². The molecule has 23 heavy (non-hydrogen) atoms. The predicted molar refractivity (Wildman–Crippen MR) is 79.5 cm³/mol. The van der Waals surface area contributed by atoms with Gasteiger partial charge in [-0.25, -0.2) is 9.13 Å². The zero-order chi connectivity index (χ0) is 15.3. The minimum atomic E-state index is -3.88. The summed E-state index contributed by atoms with van der Waals surface area (Å²) in [5, 5.41) is 0. The Balaban J connectivity index is 0.00000242. The summed E-state index contributed by atoms with van der Waals surface area (Å²) in [5.74, 6) is 0. The third kappa shape index (κ3) is 7.42. The summed E-state index contributed by atoms with van der Waals surface area (Å²) in [6, 6.07) is 8.19. The molecule has 0 bridgehead atoms. The van der Waals surface area contributed by atoms with E-state index in [0.717, 1.165) is 17.7 Å². The van der Waals surface area contributed by atoms with Crippen LogP contribution in [0.5, 0.6) is 0 Å². The van der Waals surface area contributed by atoms with Crippen molar-refractivity contribution in [3.8, 4) is 11.1 Å². The summed E-state index contributed by atoms with van der Waals surface area (Å²) >= 11 is 0. The molecule has 2 rings (SSSR count). The van der Waals surface area contributed by atoms with Gasteiger partial charge < -0.3 is 34.6 Å². The van der Waals surface area contributed by atoms with Crippen molar-refractivity contribution in [3.05, 3.63) is 49.1 Å². The first kappa shape index (κ1) is 22.0. The van der Waals surface area contributed by atoms with Gasteiger partial charge >= 0.3 is 7.60 Å². The van der Waals surface area contributed by atoms with Crippen molar-refractivity contribution in [3.63, 3.8) is 0 Å². The molecule has 0 radical (unpaired) electrons. The number of nitrogens with zero attached hydrogens (tertiary/aromatic N) is 2. The van der Waals surface area contributed by atoms with Crippen LogP contribution in [-0.4, -0.2) is 15.9 Å². The van der Waals surface area contributed by atoms with Crippen molar-refractivity contribution < 1.29 is 48.3 Å². The molecule has 0 aliphatic heterocycles. The molecule has 5 nitrogen and oxygen atoms in total. The number of hydrogen-bond donors (Lipinski definition) is 2. The summed E-state index contributed by atoms with van der Waals surface area (Å²) in [5.41, 5.74) is 2.28. The minimum Gasteiger partial charge on any atom is -1.00 e. The van der Waals surface area contributed by atoms with Crippen LogP contribution < -0.4 is 33.9 Å². The molecule has 2 N–H and O–H groups in total. The average Bonchev–Trinajstić information content (AvgIpc) is 2.47. The van der Waals surface area contributed by atoms with E-state index < -0.39 is 7.60 Å². The predicted octanol–water partition coefficient (Wildman–Crippen LogP) is -4.48. The van der Waals surface area contributed by atoms with E-state index in [1.54, 1.807) is 0 Å². The average molecular weight is 379 g/mol. The van der Waals surface area contributed by atoms with Crippen LogP contribution in [0.25, 0.3) is 11.1 Å². The number of rotatable bonds is 6. The molecule has 0 unspecified atom stereocenters. The molecule has 2 heterocycles. The van der Waals surface area contributed by atoms with Gasteiger partial charge in [-0.2, -0.15) is 0 Å². The maximum atomic E-state index is 10.8. The summed E-state index contributed by atoms with van der Waals surface area (Å²) < 4.78 is 14.8. The maximum Gasteiger partial charge on any atom is 0.325 e. The van der Waals surface area contributed by atoms with Crippen LogP contribution in [0.15, 0.2) is 49.1 Å². The highest BCUT2D eigenvalue weighted by molar-refractivity contribution is 7.51. The fourth-order valence-electron chi connectivity index (χ4n) is 2.12. The molecule has 2 aromatic heterocycles. The number of pyridine rings is 2. The van der Waals surface area contributed by atoms with Crippen LogP contribution in [-0.2, 0) is 17.7 Å². The Labute approximate surface area is 149 Å². The molecule has 0 aliphatic rings. The van der Waals surface area contributed by atoms with Crippen LogP contribution in [0.1, 0.15) is 13.3 Å². The lowest BCUT2D eigenvalue weighted by Gasteiger charge is -2.02. The molecule has 0 fully saturated rings. The standard InChI is InChI=1S/C15H19N2O3P.2ClH/c1-2-16-9-4-14(5-10-16)15-6-11-17(12-7-15)8-3-13-21(18,19)20;;/h4-7,9-12H,2-3,8,13H2,1H3;2*1H. The van der Waals surface area contributed by atoms with Crippen LogP contribution in [0, 0.1) is 0 Å². The van der Waals surface area contributed by atoms with Crippen molar-refractivity contribution in [1.29, 1.82) is 0 Å². The van der Waals surface area contributed by atoms with Gasteiger partial charge in [0.15, 0.2) is 24.8 Å². The first-order valence-electron chi connectivity index (χ1n) is 7.01. The molecule has 8 heteroatoms. The first-order chi connectivity index (χ1) is 9.98. The topological polar surface area (TPSA) is 65.3 Å². The lowest BCUT2D eigenvalue weighted by atomic mass is 10.1. The molecule has 0 saturated heterocycles. The van der Waals surface area contributed by atoms with E-state index in [1.807, 2.05) is 29.1 Å². The second-order valence-corrected chi connectivity index (χ2v) is 6.76. The molecule has 0 amide bonds. The van der Waals surface area contributed by atoms with E-state index in [-0.39, 0.29) is 31.0 Å². The van der Waals surface area contributed by atoms with Crippen LogP contribution >= 0.6 is 7.60 Å². The molecule has 128 valence electrons. The van der Waals surface area contributed by atoms with Crippen molar-refractivity contribution >= 4 is 7.60 Å². The Morgan fingerprint density at radius 2 is 1.35 bits per heavy atom. The van der Waals surface area contributed by atoms with E-state index in [9.17, 15) is 4.57 Å². The number of halogens is 2. The zero-order valence-electron chi connectivity index (χ0n) is 12.8. The van der Waals surface area contributed by atoms with Crippen molar-refractivity contribution in [2.45, 2.75) is 26.4 Å². The van der Waals surface area contributed by atoms with Crippen LogP contribution in [0.2, 0.25) is 0 Å². The van der Waals surface area contributed by atoms with E-state index in [2.05, 4.69) is 36.0 Å². The van der Waals surface area contributed by atoms with Gasteiger partial charge in [0.1, 0.15) is 13.1 Å². The van der Waals surface area contributed by atoms with Crippen LogP contribution in [0.3, 0.4) is 0 Å². The monoisotopic (exact) mass is 378 g/mol. The number of aryl methyl sites for hydroxylation is 2. The van der Waals surface area contributed by atoms with Gasteiger partial charge in [0.05, 0.1) is 6.16 Å². The van der Waals surface area contributed by atoms with E-state index in [0.29, 0.717) is 13.0 Å². The van der Waals surface area contributed by atoms with Gasteiger partial charge in [-0.15, -0.1) is 0 Å². The van der Waals surface area contributed by atoms with Gasteiger partial charge in [-0.1, -0.05) is 0 Å². The van der Waals surface area contributed by atoms with Crippen molar-refractivity contribution in [2.24, 2.45) is 0 Å². The summed E-state index contributed by atoms with van der Waals surface area (Å²) in [6.07, 6.45) is 8.38. The summed E-state index contributed by atoms with van der Waals surface area (Å²) in [7, 11) is -3.88. The summed E-state index contributed by atoms with van der Waals surface area (Å²) in [4.78, 5) is 17.7. The fourth-order valence-corrected chi connectivity index (χ4v) is 2.67. The SMILES string of the molecule is CC[n+]1ccc(-c2cc[n+](CCCP(=O)(O)O)cc2)cc1.[Cl-].[Cl-]. The second-order valence-electron chi connectivity index (χ2n) is 4.98. The van der Waals surface area contributed by atoms with Gasteiger partial charge in [0.25, 0.3) is 0 Å². The molecular weight excluding hydrogens is 358 g/mol.